The van der Waals surface area contributed by atoms with Crippen LogP contribution in [0.2, 0.25) is 0 Å². The van der Waals surface area contributed by atoms with E-state index in [0.29, 0.717) is 12.1 Å². The Balaban J connectivity index is 1.82. The number of pyridine rings is 1. The maximum absolute atomic E-state index is 13.2. The topological polar surface area (TPSA) is 63.9 Å². The number of benzene rings is 1. The lowest BCUT2D eigenvalue weighted by Gasteiger charge is -2.29. The highest BCUT2D eigenvalue weighted by Crippen LogP contribution is 2.20. The third kappa shape index (κ3) is 4.44. The van der Waals surface area contributed by atoms with Crippen molar-refractivity contribution >= 4 is 5.91 Å². The number of nitrogens with zero attached hydrogens (tertiary/aromatic N) is 5. The molecule has 6 heteroatoms. The van der Waals surface area contributed by atoms with E-state index in [2.05, 4.69) is 35.8 Å². The Bertz CT molecular complexity index is 889. The summed E-state index contributed by atoms with van der Waals surface area (Å²) < 4.78 is 1.89. The van der Waals surface area contributed by atoms with E-state index in [1.807, 2.05) is 52.2 Å². The lowest BCUT2D eigenvalue weighted by atomic mass is 10.1. The molecule has 1 aromatic carbocycles. The van der Waals surface area contributed by atoms with Gasteiger partial charge in [0.05, 0.1) is 0 Å². The molecule has 28 heavy (non-hydrogen) atoms. The normalized spacial score (nSPS) is 12.0. The first kappa shape index (κ1) is 19.7. The minimum atomic E-state index is 0.0276. The highest BCUT2D eigenvalue weighted by molar-refractivity contribution is 5.94. The summed E-state index contributed by atoms with van der Waals surface area (Å²) in [7, 11) is 0. The van der Waals surface area contributed by atoms with Gasteiger partial charge in [0.2, 0.25) is 0 Å². The average molecular weight is 377 g/mol. The fourth-order valence-corrected chi connectivity index (χ4v) is 3.13. The monoisotopic (exact) mass is 377 g/mol. The predicted molar refractivity (Wildman–Crippen MR) is 110 cm³/mol. The number of aromatic nitrogens is 4. The van der Waals surface area contributed by atoms with Crippen LogP contribution in [0, 0.1) is 0 Å². The largest absolute Gasteiger partial charge is 0.332 e. The highest BCUT2D eigenvalue weighted by atomic mass is 16.2. The molecule has 0 aliphatic rings. The Hall–Kier alpha value is -3.02. The van der Waals surface area contributed by atoms with E-state index >= 15 is 0 Å². The van der Waals surface area contributed by atoms with Crippen molar-refractivity contribution in [3.63, 3.8) is 0 Å². The predicted octanol–water partition coefficient (Wildman–Crippen LogP) is 4.19. The standard InChI is InChI=1S/C22H27N5O/c1-4-13-27-21(24-16-25-27)19-8-10-20(11-9-19)22(28)26(17(3)5-2)15-18-7-6-12-23-14-18/h6-12,14,16-17H,4-5,13,15H2,1-3H3/t17-/m1/s1. The fraction of sp³-hybridized carbons (Fsp3) is 0.364. The van der Waals surface area contributed by atoms with Crippen LogP contribution in [-0.2, 0) is 13.1 Å². The van der Waals surface area contributed by atoms with Crippen LogP contribution >= 0.6 is 0 Å². The SMILES string of the molecule is CCCn1ncnc1-c1ccc(C(=O)N(Cc2cccnc2)[C@H](C)CC)cc1. The van der Waals surface area contributed by atoms with Crippen molar-refractivity contribution in [1.29, 1.82) is 0 Å². The molecule has 2 heterocycles. The fourth-order valence-electron chi connectivity index (χ4n) is 3.13. The summed E-state index contributed by atoms with van der Waals surface area (Å²) in [6.45, 7) is 7.66. The zero-order valence-corrected chi connectivity index (χ0v) is 16.7. The Morgan fingerprint density at radius 2 is 1.96 bits per heavy atom. The maximum Gasteiger partial charge on any atom is 0.254 e. The van der Waals surface area contributed by atoms with Gasteiger partial charge in [-0.1, -0.05) is 32.0 Å². The van der Waals surface area contributed by atoms with E-state index in [-0.39, 0.29) is 11.9 Å². The third-order valence-electron chi connectivity index (χ3n) is 4.90. The summed E-state index contributed by atoms with van der Waals surface area (Å²) in [4.78, 5) is 23.6. The van der Waals surface area contributed by atoms with Gasteiger partial charge in [-0.05, 0) is 43.5 Å². The molecule has 6 nitrogen and oxygen atoms in total. The van der Waals surface area contributed by atoms with Gasteiger partial charge in [0.25, 0.3) is 5.91 Å². The van der Waals surface area contributed by atoms with Crippen molar-refractivity contribution in [3.8, 4) is 11.4 Å². The van der Waals surface area contributed by atoms with Crippen molar-refractivity contribution in [2.45, 2.75) is 52.7 Å². The molecule has 0 radical (unpaired) electrons. The van der Waals surface area contributed by atoms with E-state index in [1.165, 1.54) is 0 Å². The molecule has 0 fully saturated rings. The summed E-state index contributed by atoms with van der Waals surface area (Å²) in [5.41, 5.74) is 2.67. The van der Waals surface area contributed by atoms with Gasteiger partial charge < -0.3 is 4.90 Å². The minimum absolute atomic E-state index is 0.0276. The highest BCUT2D eigenvalue weighted by Gasteiger charge is 2.21. The van der Waals surface area contributed by atoms with E-state index in [4.69, 9.17) is 0 Å². The van der Waals surface area contributed by atoms with Gasteiger partial charge in [-0.25, -0.2) is 9.67 Å². The lowest BCUT2D eigenvalue weighted by Crippen LogP contribution is -2.37. The Kier molecular flexibility index (Phi) is 6.53. The molecule has 0 saturated carbocycles. The van der Waals surface area contributed by atoms with Crippen LogP contribution < -0.4 is 0 Å². The third-order valence-corrected chi connectivity index (χ3v) is 4.90. The van der Waals surface area contributed by atoms with Gasteiger partial charge in [0, 0.05) is 42.7 Å². The zero-order chi connectivity index (χ0) is 19.9. The van der Waals surface area contributed by atoms with Crippen LogP contribution in [0.25, 0.3) is 11.4 Å². The molecule has 1 amide bonds. The summed E-state index contributed by atoms with van der Waals surface area (Å²) in [6, 6.07) is 11.7. The van der Waals surface area contributed by atoms with E-state index in [1.54, 1.807) is 12.5 Å². The molecule has 1 atom stereocenters. The van der Waals surface area contributed by atoms with E-state index in [9.17, 15) is 4.79 Å². The number of rotatable bonds is 8. The summed E-state index contributed by atoms with van der Waals surface area (Å²) in [5.74, 6) is 0.856. The first-order chi connectivity index (χ1) is 13.6. The number of amides is 1. The summed E-state index contributed by atoms with van der Waals surface area (Å²) in [6.07, 6.45) is 7.01. The Morgan fingerprint density at radius 1 is 1.18 bits per heavy atom. The van der Waals surface area contributed by atoms with E-state index in [0.717, 1.165) is 36.3 Å². The van der Waals surface area contributed by atoms with Gasteiger partial charge in [0.15, 0.2) is 5.82 Å². The molecule has 0 spiro atoms. The van der Waals surface area contributed by atoms with Crippen molar-refractivity contribution in [2.75, 3.05) is 0 Å². The second-order valence-corrected chi connectivity index (χ2v) is 6.94. The summed E-state index contributed by atoms with van der Waals surface area (Å²) >= 11 is 0. The van der Waals surface area contributed by atoms with E-state index < -0.39 is 0 Å². The number of carbonyl (C=O) groups is 1. The molecule has 3 rings (SSSR count). The van der Waals surface area contributed by atoms with Crippen LogP contribution in [0.1, 0.15) is 49.5 Å². The zero-order valence-electron chi connectivity index (χ0n) is 16.7. The van der Waals surface area contributed by atoms with Crippen LogP contribution in [0.4, 0.5) is 0 Å². The van der Waals surface area contributed by atoms with Crippen LogP contribution in [0.5, 0.6) is 0 Å². The van der Waals surface area contributed by atoms with Crippen molar-refractivity contribution < 1.29 is 4.79 Å². The van der Waals surface area contributed by atoms with Gasteiger partial charge >= 0.3 is 0 Å². The second kappa shape index (κ2) is 9.26. The van der Waals surface area contributed by atoms with Crippen molar-refractivity contribution in [3.05, 3.63) is 66.2 Å². The van der Waals surface area contributed by atoms with Gasteiger partial charge in [-0.15, -0.1) is 0 Å². The molecule has 0 aliphatic heterocycles. The molecule has 2 aromatic heterocycles. The maximum atomic E-state index is 13.2. The summed E-state index contributed by atoms with van der Waals surface area (Å²) in [5, 5.41) is 4.27. The van der Waals surface area contributed by atoms with Crippen LogP contribution in [0.3, 0.4) is 0 Å². The molecule has 0 bridgehead atoms. The van der Waals surface area contributed by atoms with Gasteiger partial charge in [-0.2, -0.15) is 5.10 Å². The number of hydrogen-bond acceptors (Lipinski definition) is 4. The average Bonchev–Trinajstić information content (AvgIpc) is 3.20. The molecular weight excluding hydrogens is 350 g/mol. The van der Waals surface area contributed by atoms with Crippen molar-refractivity contribution in [1.82, 2.24) is 24.6 Å². The first-order valence-electron chi connectivity index (χ1n) is 9.82. The molecule has 0 unspecified atom stereocenters. The van der Waals surface area contributed by atoms with Crippen molar-refractivity contribution in [2.24, 2.45) is 0 Å². The van der Waals surface area contributed by atoms with Gasteiger partial charge in [-0.3, -0.25) is 9.78 Å². The second-order valence-electron chi connectivity index (χ2n) is 6.94. The number of carbonyl (C=O) groups excluding carboxylic acids is 1. The molecule has 0 N–H and O–H groups in total. The quantitative estimate of drug-likeness (QED) is 0.590. The molecule has 3 aromatic rings. The minimum Gasteiger partial charge on any atom is -0.332 e. The number of hydrogen-bond donors (Lipinski definition) is 0. The smallest absolute Gasteiger partial charge is 0.254 e. The molecular formula is C22H27N5O. The molecule has 0 aliphatic carbocycles. The van der Waals surface area contributed by atoms with Crippen LogP contribution in [0.15, 0.2) is 55.1 Å². The Morgan fingerprint density at radius 3 is 2.61 bits per heavy atom. The number of aryl methyl sites for hydroxylation is 1. The molecule has 146 valence electrons. The molecule has 0 saturated heterocycles. The van der Waals surface area contributed by atoms with Gasteiger partial charge in [0.1, 0.15) is 6.33 Å². The van der Waals surface area contributed by atoms with Crippen LogP contribution in [-0.4, -0.2) is 36.6 Å². The Labute approximate surface area is 166 Å². The lowest BCUT2D eigenvalue weighted by molar-refractivity contribution is 0.0671. The first-order valence-corrected chi connectivity index (χ1v) is 9.82.